The Morgan fingerprint density at radius 3 is 2.83 bits per heavy atom. The van der Waals surface area contributed by atoms with Crippen LogP contribution in [0.25, 0.3) is 0 Å². The largest absolute Gasteiger partial charge is 0.395 e. The summed E-state index contributed by atoms with van der Waals surface area (Å²) < 4.78 is 31.0. The van der Waals surface area contributed by atoms with Gasteiger partial charge in [0.2, 0.25) is 10.0 Å². The monoisotopic (exact) mass is 270 g/mol. The fourth-order valence-corrected chi connectivity index (χ4v) is 2.60. The van der Waals surface area contributed by atoms with Crippen molar-refractivity contribution in [3.05, 3.63) is 29.8 Å². The number of benzene rings is 1. The summed E-state index contributed by atoms with van der Waals surface area (Å²) in [5, 5.41) is 17.7. The molecule has 0 amide bonds. The summed E-state index contributed by atoms with van der Waals surface area (Å²) in [6, 6.07) is 6.79. The van der Waals surface area contributed by atoms with Gasteiger partial charge in [-0.3, -0.25) is 0 Å². The average molecular weight is 270 g/mol. The van der Waals surface area contributed by atoms with Gasteiger partial charge in [-0.15, -0.1) is 0 Å². The first-order valence-electron chi connectivity index (χ1n) is 5.15. The molecule has 0 saturated carbocycles. The molecule has 0 saturated heterocycles. The maximum absolute atomic E-state index is 12.0. The summed E-state index contributed by atoms with van der Waals surface area (Å²) >= 11 is 0. The van der Waals surface area contributed by atoms with Gasteiger partial charge in [-0.05, 0) is 18.2 Å². The maximum atomic E-state index is 12.0. The third-order valence-electron chi connectivity index (χ3n) is 2.18. The minimum atomic E-state index is -3.77. The molecular formula is C11H14N2O4S. The normalized spacial score (nSPS) is 12.9. The lowest BCUT2D eigenvalue weighted by atomic mass is 10.2. The van der Waals surface area contributed by atoms with Crippen LogP contribution in [0.5, 0.6) is 0 Å². The molecule has 1 rings (SSSR count). The van der Waals surface area contributed by atoms with E-state index in [0.717, 1.165) is 0 Å². The van der Waals surface area contributed by atoms with Crippen LogP contribution >= 0.6 is 0 Å². The number of nitrogens with one attached hydrogen (secondary N) is 1. The smallest absolute Gasteiger partial charge is 0.241 e. The third-order valence-corrected chi connectivity index (χ3v) is 3.70. The molecule has 0 fully saturated rings. The van der Waals surface area contributed by atoms with E-state index in [2.05, 4.69) is 4.72 Å². The molecule has 0 aliphatic rings. The van der Waals surface area contributed by atoms with E-state index in [1.165, 1.54) is 31.4 Å². The second-order valence-corrected chi connectivity index (χ2v) is 5.31. The minimum Gasteiger partial charge on any atom is -0.395 e. The Bertz CT molecular complexity index is 536. The lowest BCUT2D eigenvalue weighted by molar-refractivity contribution is 0.139. The van der Waals surface area contributed by atoms with Crippen LogP contribution in [0, 0.1) is 11.3 Å². The van der Waals surface area contributed by atoms with E-state index in [0.29, 0.717) is 0 Å². The number of aliphatic hydroxyl groups is 1. The van der Waals surface area contributed by atoms with Gasteiger partial charge >= 0.3 is 0 Å². The second kappa shape index (κ2) is 6.47. The quantitative estimate of drug-likeness (QED) is 0.748. The average Bonchev–Trinajstić information content (AvgIpc) is 2.38. The zero-order valence-corrected chi connectivity index (χ0v) is 10.6. The van der Waals surface area contributed by atoms with E-state index in [-0.39, 0.29) is 23.7 Å². The summed E-state index contributed by atoms with van der Waals surface area (Å²) in [6.45, 7) is -0.307. The molecule has 2 N–H and O–H groups in total. The molecule has 0 spiro atoms. The van der Waals surface area contributed by atoms with E-state index < -0.39 is 16.1 Å². The number of rotatable bonds is 6. The Hall–Kier alpha value is -1.46. The van der Waals surface area contributed by atoms with E-state index >= 15 is 0 Å². The standard InChI is InChI=1S/C11H14N2O4S/c1-17-8-10(7-14)13-18(15,16)11-4-2-3-9(5-11)6-12/h2-5,10,13-14H,7-8H2,1H3. The highest BCUT2D eigenvalue weighted by Gasteiger charge is 2.19. The molecule has 0 aliphatic carbocycles. The van der Waals surface area contributed by atoms with Gasteiger partial charge in [0.25, 0.3) is 0 Å². The van der Waals surface area contributed by atoms with Crippen LogP contribution in [0.2, 0.25) is 0 Å². The van der Waals surface area contributed by atoms with Crippen LogP contribution in [-0.4, -0.2) is 39.9 Å². The van der Waals surface area contributed by atoms with Crippen LogP contribution in [-0.2, 0) is 14.8 Å². The molecule has 1 atom stereocenters. The van der Waals surface area contributed by atoms with Gasteiger partial charge in [0.15, 0.2) is 0 Å². The third kappa shape index (κ3) is 3.78. The van der Waals surface area contributed by atoms with E-state index in [1.807, 2.05) is 6.07 Å². The number of aliphatic hydroxyl groups excluding tert-OH is 1. The highest BCUT2D eigenvalue weighted by atomic mass is 32.2. The Balaban J connectivity index is 2.95. The predicted molar refractivity (Wildman–Crippen MR) is 64.2 cm³/mol. The molecule has 0 bridgehead atoms. The Morgan fingerprint density at radius 1 is 1.56 bits per heavy atom. The van der Waals surface area contributed by atoms with Crippen molar-refractivity contribution in [1.29, 1.82) is 5.26 Å². The Kier molecular flexibility index (Phi) is 5.25. The summed E-state index contributed by atoms with van der Waals surface area (Å²) in [5.74, 6) is 0. The van der Waals surface area contributed by atoms with Crippen molar-refractivity contribution in [2.45, 2.75) is 10.9 Å². The van der Waals surface area contributed by atoms with Gasteiger partial charge in [0, 0.05) is 7.11 Å². The predicted octanol–water partition coefficient (Wildman–Crippen LogP) is -0.156. The lowest BCUT2D eigenvalue weighted by Crippen LogP contribution is -2.40. The molecule has 98 valence electrons. The van der Waals surface area contributed by atoms with Crippen molar-refractivity contribution in [2.24, 2.45) is 0 Å². The van der Waals surface area contributed by atoms with Gasteiger partial charge in [-0.25, -0.2) is 13.1 Å². The van der Waals surface area contributed by atoms with Crippen molar-refractivity contribution >= 4 is 10.0 Å². The van der Waals surface area contributed by atoms with E-state index in [1.54, 1.807) is 0 Å². The zero-order chi connectivity index (χ0) is 13.6. The van der Waals surface area contributed by atoms with Crippen molar-refractivity contribution in [2.75, 3.05) is 20.3 Å². The molecule has 18 heavy (non-hydrogen) atoms. The number of methoxy groups -OCH3 is 1. The fraction of sp³-hybridized carbons (Fsp3) is 0.364. The fourth-order valence-electron chi connectivity index (χ4n) is 1.35. The Morgan fingerprint density at radius 2 is 2.28 bits per heavy atom. The molecule has 0 radical (unpaired) electrons. The van der Waals surface area contributed by atoms with Gasteiger partial charge in [0.1, 0.15) is 0 Å². The number of hydrogen-bond acceptors (Lipinski definition) is 5. The van der Waals surface area contributed by atoms with Crippen molar-refractivity contribution in [1.82, 2.24) is 4.72 Å². The lowest BCUT2D eigenvalue weighted by Gasteiger charge is -2.15. The molecule has 1 unspecified atom stereocenters. The molecule has 1 aromatic rings. The van der Waals surface area contributed by atoms with Crippen LogP contribution < -0.4 is 4.72 Å². The summed E-state index contributed by atoms with van der Waals surface area (Å²) in [6.07, 6.45) is 0. The topological polar surface area (TPSA) is 99.4 Å². The van der Waals surface area contributed by atoms with Crippen LogP contribution in [0.3, 0.4) is 0 Å². The molecule has 1 aromatic carbocycles. The molecule has 6 nitrogen and oxygen atoms in total. The van der Waals surface area contributed by atoms with E-state index in [4.69, 9.17) is 15.1 Å². The van der Waals surface area contributed by atoms with Gasteiger partial charge in [0.05, 0.1) is 35.8 Å². The Labute approximate surface area is 106 Å². The number of sulfonamides is 1. The SMILES string of the molecule is COCC(CO)NS(=O)(=O)c1cccc(C#N)c1. The summed E-state index contributed by atoms with van der Waals surface area (Å²) in [7, 11) is -2.36. The first-order chi connectivity index (χ1) is 8.53. The zero-order valence-electron chi connectivity index (χ0n) is 9.83. The number of nitrogens with zero attached hydrogens (tertiary/aromatic N) is 1. The number of ether oxygens (including phenoxy) is 1. The highest BCUT2D eigenvalue weighted by molar-refractivity contribution is 7.89. The first kappa shape index (κ1) is 14.6. The van der Waals surface area contributed by atoms with Crippen molar-refractivity contribution in [3.63, 3.8) is 0 Å². The molecule has 7 heteroatoms. The second-order valence-electron chi connectivity index (χ2n) is 3.60. The molecule has 0 heterocycles. The molecular weight excluding hydrogens is 256 g/mol. The minimum absolute atomic E-state index is 0.0175. The number of nitriles is 1. The van der Waals surface area contributed by atoms with Gasteiger partial charge in [-0.2, -0.15) is 5.26 Å². The first-order valence-corrected chi connectivity index (χ1v) is 6.64. The van der Waals surface area contributed by atoms with Crippen LogP contribution in [0.1, 0.15) is 5.56 Å². The molecule has 0 aromatic heterocycles. The summed E-state index contributed by atoms with van der Waals surface area (Å²) in [5.41, 5.74) is 0.255. The van der Waals surface area contributed by atoms with Crippen LogP contribution in [0.4, 0.5) is 0 Å². The van der Waals surface area contributed by atoms with Gasteiger partial charge < -0.3 is 9.84 Å². The molecule has 0 aliphatic heterocycles. The highest BCUT2D eigenvalue weighted by Crippen LogP contribution is 2.11. The summed E-state index contributed by atoms with van der Waals surface area (Å²) in [4.78, 5) is -0.0175. The van der Waals surface area contributed by atoms with E-state index in [9.17, 15) is 8.42 Å². The van der Waals surface area contributed by atoms with Crippen molar-refractivity contribution in [3.8, 4) is 6.07 Å². The van der Waals surface area contributed by atoms with Crippen molar-refractivity contribution < 1.29 is 18.3 Å². The number of hydrogen-bond donors (Lipinski definition) is 2. The van der Waals surface area contributed by atoms with Crippen LogP contribution in [0.15, 0.2) is 29.2 Å². The van der Waals surface area contributed by atoms with Gasteiger partial charge in [-0.1, -0.05) is 6.07 Å². The maximum Gasteiger partial charge on any atom is 0.241 e.